The Balaban J connectivity index is 0. The third-order valence-corrected chi connectivity index (χ3v) is 1.19. The molecule has 0 bridgehead atoms. The van der Waals surface area contributed by atoms with Crippen LogP contribution in [0.3, 0.4) is 0 Å². The van der Waals surface area contributed by atoms with E-state index in [4.69, 9.17) is 43.6 Å². The Kier molecular flexibility index (Phi) is 8.33. The number of phosphoric acid groups is 2. The molecule has 1 aliphatic carbocycles. The van der Waals surface area contributed by atoms with Crippen molar-refractivity contribution in [2.24, 2.45) is 0 Å². The number of rotatable bonds is 0. The Morgan fingerprint density at radius 3 is 1.25 bits per heavy atom. The van der Waals surface area contributed by atoms with Crippen molar-refractivity contribution < 1.29 is 43.6 Å². The molecular weight excluding hydrogens is 266 g/mol. The molecule has 0 spiro atoms. The summed E-state index contributed by atoms with van der Waals surface area (Å²) in [5.74, 6) is 0. The lowest BCUT2D eigenvalue weighted by atomic mass is 9.97. The van der Waals surface area contributed by atoms with Gasteiger partial charge in [0.05, 0.1) is 6.10 Å². The first kappa shape index (κ1) is 18.3. The van der Waals surface area contributed by atoms with Crippen LogP contribution in [0.15, 0.2) is 11.6 Å². The van der Waals surface area contributed by atoms with Crippen LogP contribution in [0.2, 0.25) is 0 Å². The Bertz CT molecular complexity index is 275. The third-order valence-electron chi connectivity index (χ3n) is 1.19. The van der Waals surface area contributed by atoms with Gasteiger partial charge in [-0.3, -0.25) is 0 Å². The average Bonchev–Trinajstić information content (AvgIpc) is 1.95. The van der Waals surface area contributed by atoms with Gasteiger partial charge in [0.2, 0.25) is 0 Å². The first-order chi connectivity index (χ1) is 6.80. The average molecular weight is 280 g/mol. The second kappa shape index (κ2) is 7.29. The van der Waals surface area contributed by atoms with Crippen LogP contribution in [0.25, 0.3) is 0 Å². The second-order valence-corrected chi connectivity index (χ2v) is 4.78. The SMILES string of the molecule is CC1=CCC1O.O=P(O)(O)O.O=P(O)(O)O. The number of hydrogen-bond donors (Lipinski definition) is 7. The van der Waals surface area contributed by atoms with Gasteiger partial charge in [-0.2, -0.15) is 0 Å². The molecule has 0 aromatic rings. The van der Waals surface area contributed by atoms with Crippen molar-refractivity contribution in [2.75, 3.05) is 0 Å². The monoisotopic (exact) mass is 280 g/mol. The lowest BCUT2D eigenvalue weighted by Gasteiger charge is -2.16. The van der Waals surface area contributed by atoms with Crippen molar-refractivity contribution in [1.29, 1.82) is 0 Å². The van der Waals surface area contributed by atoms with Crippen molar-refractivity contribution in [3.63, 3.8) is 0 Å². The molecule has 0 aliphatic heterocycles. The van der Waals surface area contributed by atoms with Crippen LogP contribution in [0.4, 0.5) is 0 Å². The van der Waals surface area contributed by atoms with E-state index in [1.165, 1.54) is 0 Å². The van der Waals surface area contributed by atoms with E-state index in [0.29, 0.717) is 0 Å². The maximum absolute atomic E-state index is 8.88. The predicted octanol–water partition coefficient (Wildman–Crippen LogP) is -1.16. The molecular formula is C5H14O9P2. The zero-order valence-corrected chi connectivity index (χ0v) is 9.99. The molecule has 0 radical (unpaired) electrons. The van der Waals surface area contributed by atoms with Crippen LogP contribution in [0.5, 0.6) is 0 Å². The summed E-state index contributed by atoms with van der Waals surface area (Å²) < 4.78 is 17.8. The summed E-state index contributed by atoms with van der Waals surface area (Å²) in [6.07, 6.45) is 2.79. The zero-order valence-electron chi connectivity index (χ0n) is 8.20. The summed E-state index contributed by atoms with van der Waals surface area (Å²) in [5.41, 5.74) is 1.12. The van der Waals surface area contributed by atoms with E-state index in [9.17, 15) is 0 Å². The molecule has 0 saturated carbocycles. The fraction of sp³-hybridized carbons (Fsp3) is 0.600. The minimum absolute atomic E-state index is 0.106. The number of hydrogen-bond acceptors (Lipinski definition) is 3. The van der Waals surface area contributed by atoms with Gasteiger partial charge in [-0.15, -0.1) is 0 Å². The first-order valence-corrected chi connectivity index (χ1v) is 6.85. The second-order valence-electron chi connectivity index (χ2n) is 2.73. The molecule has 11 heteroatoms. The highest BCUT2D eigenvalue weighted by atomic mass is 31.2. The van der Waals surface area contributed by atoms with E-state index in [1.54, 1.807) is 0 Å². The molecule has 16 heavy (non-hydrogen) atoms. The largest absolute Gasteiger partial charge is 0.466 e. The van der Waals surface area contributed by atoms with Crippen LogP contribution < -0.4 is 0 Å². The highest BCUT2D eigenvalue weighted by Crippen LogP contribution is 2.26. The van der Waals surface area contributed by atoms with E-state index >= 15 is 0 Å². The molecule has 1 rings (SSSR count). The molecule has 0 amide bonds. The van der Waals surface area contributed by atoms with Gasteiger partial charge in [0.15, 0.2) is 0 Å². The molecule has 7 N–H and O–H groups in total. The Morgan fingerprint density at radius 2 is 1.25 bits per heavy atom. The third kappa shape index (κ3) is 29.2. The van der Waals surface area contributed by atoms with E-state index in [1.807, 2.05) is 13.0 Å². The van der Waals surface area contributed by atoms with Crippen molar-refractivity contribution in [2.45, 2.75) is 19.4 Å². The topological polar surface area (TPSA) is 176 Å². The maximum atomic E-state index is 8.88. The standard InChI is InChI=1S/C5H8O.2H3O4P/c1-4-2-3-5(4)6;2*1-5(2,3)4/h2,5-6H,3H2,1H3;2*(H3,1,2,3,4). The summed E-state index contributed by atoms with van der Waals surface area (Å²) in [7, 11) is -9.28. The molecule has 9 nitrogen and oxygen atoms in total. The smallest absolute Gasteiger partial charge is 0.388 e. The van der Waals surface area contributed by atoms with Crippen molar-refractivity contribution in [3.8, 4) is 0 Å². The maximum Gasteiger partial charge on any atom is 0.466 e. The van der Waals surface area contributed by atoms with Crippen LogP contribution in [0, 0.1) is 0 Å². The van der Waals surface area contributed by atoms with E-state index in [2.05, 4.69) is 0 Å². The van der Waals surface area contributed by atoms with Crippen molar-refractivity contribution >= 4 is 15.6 Å². The number of aliphatic hydroxyl groups is 1. The van der Waals surface area contributed by atoms with Gasteiger partial charge >= 0.3 is 15.6 Å². The molecule has 1 atom stereocenters. The molecule has 0 saturated heterocycles. The zero-order chi connectivity index (χ0) is 13.6. The van der Waals surface area contributed by atoms with Crippen molar-refractivity contribution in [3.05, 3.63) is 11.6 Å². The molecule has 0 aromatic heterocycles. The minimum atomic E-state index is -4.64. The summed E-state index contributed by atoms with van der Waals surface area (Å²) in [6, 6.07) is 0. The normalized spacial score (nSPS) is 19.2. The van der Waals surface area contributed by atoms with Crippen LogP contribution in [-0.2, 0) is 9.13 Å². The quantitative estimate of drug-likeness (QED) is 0.213. The van der Waals surface area contributed by atoms with E-state index in [-0.39, 0.29) is 6.10 Å². The van der Waals surface area contributed by atoms with Gasteiger partial charge in [-0.05, 0) is 18.9 Å². The first-order valence-electron chi connectivity index (χ1n) is 3.72. The Hall–Kier alpha value is -0.0800. The van der Waals surface area contributed by atoms with Crippen molar-refractivity contribution in [1.82, 2.24) is 0 Å². The lowest BCUT2D eigenvalue weighted by Crippen LogP contribution is -2.14. The fourth-order valence-electron chi connectivity index (χ4n) is 0.459. The predicted molar refractivity (Wildman–Crippen MR) is 52.9 cm³/mol. The summed E-state index contributed by atoms with van der Waals surface area (Å²) >= 11 is 0. The Morgan fingerprint density at radius 1 is 1.06 bits per heavy atom. The molecule has 98 valence electrons. The number of aliphatic hydroxyl groups excluding tert-OH is 1. The molecule has 1 unspecified atom stereocenters. The highest BCUT2D eigenvalue weighted by molar-refractivity contribution is 7.45. The van der Waals surface area contributed by atoms with Gasteiger partial charge in [-0.25, -0.2) is 9.13 Å². The fourth-order valence-corrected chi connectivity index (χ4v) is 0.459. The molecule has 1 aliphatic rings. The van der Waals surface area contributed by atoms with Crippen LogP contribution >= 0.6 is 15.6 Å². The van der Waals surface area contributed by atoms with Gasteiger partial charge in [0, 0.05) is 0 Å². The van der Waals surface area contributed by atoms with Crippen LogP contribution in [0.1, 0.15) is 13.3 Å². The minimum Gasteiger partial charge on any atom is -0.388 e. The lowest BCUT2D eigenvalue weighted by molar-refractivity contribution is 0.195. The molecule has 0 fully saturated rings. The van der Waals surface area contributed by atoms with E-state index in [0.717, 1.165) is 12.0 Å². The Labute approximate surface area is 91.2 Å². The summed E-state index contributed by atoms with van der Waals surface area (Å²) in [4.78, 5) is 43.1. The van der Waals surface area contributed by atoms with E-state index < -0.39 is 15.6 Å². The molecule has 0 heterocycles. The van der Waals surface area contributed by atoms with Gasteiger partial charge in [-0.1, -0.05) is 6.08 Å². The highest BCUT2D eigenvalue weighted by Gasteiger charge is 2.11. The van der Waals surface area contributed by atoms with Gasteiger partial charge < -0.3 is 34.5 Å². The molecule has 0 aromatic carbocycles. The van der Waals surface area contributed by atoms with Gasteiger partial charge in [0.1, 0.15) is 0 Å². The van der Waals surface area contributed by atoms with Gasteiger partial charge in [0.25, 0.3) is 0 Å². The summed E-state index contributed by atoms with van der Waals surface area (Å²) in [5, 5.41) is 8.65. The van der Waals surface area contributed by atoms with Crippen LogP contribution in [-0.4, -0.2) is 40.6 Å². The summed E-state index contributed by atoms with van der Waals surface area (Å²) in [6.45, 7) is 1.94.